The Labute approximate surface area is 77.7 Å². The number of carbonyl (C=O) groups is 2. The molecule has 0 bridgehead atoms. The minimum Gasteiger partial charge on any atom is -0.298 e. The van der Waals surface area contributed by atoms with Gasteiger partial charge in [0, 0.05) is 14.7 Å². The van der Waals surface area contributed by atoms with Crippen LogP contribution in [0.3, 0.4) is 0 Å². The molecule has 1 aromatic carbocycles. The first-order valence-corrected chi connectivity index (χ1v) is 4.05. The number of carbonyl (C=O) groups excluding carboxylic acids is 2. The maximum Gasteiger partial charge on any atom is 0.150 e. The van der Waals surface area contributed by atoms with E-state index in [1.54, 1.807) is 18.2 Å². The molecule has 0 saturated carbocycles. The third-order valence-electron chi connectivity index (χ3n) is 1.21. The van der Waals surface area contributed by atoms with Gasteiger partial charge in [0.15, 0.2) is 0 Å². The van der Waals surface area contributed by atoms with Crippen LogP contribution in [0.25, 0.3) is 0 Å². The van der Waals surface area contributed by atoms with Gasteiger partial charge in [0.05, 0.1) is 0 Å². The van der Waals surface area contributed by atoms with Crippen molar-refractivity contribution in [1.82, 2.24) is 0 Å². The Kier molecular flexibility index (Phi) is 2.76. The van der Waals surface area contributed by atoms with Crippen molar-refractivity contribution >= 4 is 35.2 Å². The van der Waals surface area contributed by atoms with Crippen molar-refractivity contribution in [2.45, 2.75) is 0 Å². The monoisotopic (exact) mass is 260 g/mol. The van der Waals surface area contributed by atoms with Crippen molar-refractivity contribution in [1.29, 1.82) is 0 Å². The zero-order chi connectivity index (χ0) is 8.27. The lowest BCUT2D eigenvalue weighted by molar-refractivity contribution is 0.112. The molecule has 1 aromatic rings. The molecule has 0 spiro atoms. The van der Waals surface area contributed by atoms with Gasteiger partial charge >= 0.3 is 0 Å². The summed E-state index contributed by atoms with van der Waals surface area (Å²) in [6, 6.07) is 5.00. The fraction of sp³-hybridized carbons (Fsp3) is 0. The molecule has 0 radical (unpaired) electrons. The summed E-state index contributed by atoms with van der Waals surface area (Å²) in [5.74, 6) is 0. The van der Waals surface area contributed by atoms with Crippen LogP contribution in [-0.2, 0) is 0 Å². The summed E-state index contributed by atoms with van der Waals surface area (Å²) in [6.45, 7) is 0. The minimum atomic E-state index is 0.541. The third kappa shape index (κ3) is 2.11. The van der Waals surface area contributed by atoms with Gasteiger partial charge in [-0.1, -0.05) is 0 Å². The first-order chi connectivity index (χ1) is 5.26. The van der Waals surface area contributed by atoms with Crippen LogP contribution in [0.1, 0.15) is 20.7 Å². The van der Waals surface area contributed by atoms with Crippen molar-refractivity contribution in [2.75, 3.05) is 0 Å². The molecule has 0 aliphatic carbocycles. The average molecular weight is 260 g/mol. The van der Waals surface area contributed by atoms with E-state index in [0.717, 1.165) is 16.1 Å². The number of hydrogen-bond donors (Lipinski definition) is 0. The van der Waals surface area contributed by atoms with Gasteiger partial charge in [-0.05, 0) is 40.8 Å². The van der Waals surface area contributed by atoms with Crippen molar-refractivity contribution in [3.05, 3.63) is 32.9 Å². The third-order valence-corrected chi connectivity index (χ3v) is 1.84. The van der Waals surface area contributed by atoms with Gasteiger partial charge < -0.3 is 0 Å². The van der Waals surface area contributed by atoms with E-state index in [9.17, 15) is 9.59 Å². The second-order valence-corrected chi connectivity index (χ2v) is 3.30. The maximum absolute atomic E-state index is 10.3. The molecule has 0 aliphatic heterocycles. The van der Waals surface area contributed by atoms with Gasteiger partial charge in [-0.25, -0.2) is 0 Å². The van der Waals surface area contributed by atoms with Gasteiger partial charge in [-0.3, -0.25) is 9.59 Å². The molecule has 0 atom stereocenters. The lowest BCUT2D eigenvalue weighted by Gasteiger charge is -1.94. The molecule has 0 heterocycles. The average Bonchev–Trinajstić information content (AvgIpc) is 2.03. The van der Waals surface area contributed by atoms with Gasteiger partial charge in [-0.15, -0.1) is 0 Å². The molecule has 1 rings (SSSR count). The summed E-state index contributed by atoms with van der Waals surface area (Å²) < 4.78 is 0.898. The van der Waals surface area contributed by atoms with E-state index in [1.807, 2.05) is 0 Å². The Balaban J connectivity index is 3.21. The number of benzene rings is 1. The molecule has 0 fully saturated rings. The quantitative estimate of drug-likeness (QED) is 0.601. The van der Waals surface area contributed by atoms with E-state index >= 15 is 0 Å². The summed E-state index contributed by atoms with van der Waals surface area (Å²) >= 11 is 2.06. The molecule has 0 amide bonds. The Bertz CT molecular complexity index is 268. The molecule has 0 unspecified atom stereocenters. The number of halogens is 1. The zero-order valence-corrected chi connectivity index (χ0v) is 7.74. The summed E-state index contributed by atoms with van der Waals surface area (Å²) in [5.41, 5.74) is 1.08. The highest BCUT2D eigenvalue weighted by Gasteiger charge is 1.96. The normalized spacial score (nSPS) is 9.18. The SMILES string of the molecule is O=Cc1cc(I)cc(C=O)c1. The van der Waals surface area contributed by atoms with Crippen molar-refractivity contribution in [3.8, 4) is 0 Å². The number of rotatable bonds is 2. The van der Waals surface area contributed by atoms with Crippen LogP contribution in [0.15, 0.2) is 18.2 Å². The Morgan fingerprint density at radius 1 is 1.00 bits per heavy atom. The largest absolute Gasteiger partial charge is 0.298 e. The molecule has 0 aromatic heterocycles. The number of hydrogen-bond acceptors (Lipinski definition) is 2. The fourth-order valence-corrected chi connectivity index (χ4v) is 1.49. The first-order valence-electron chi connectivity index (χ1n) is 2.97. The Morgan fingerprint density at radius 3 is 1.82 bits per heavy atom. The van der Waals surface area contributed by atoms with Gasteiger partial charge in [-0.2, -0.15) is 0 Å². The van der Waals surface area contributed by atoms with Crippen LogP contribution in [-0.4, -0.2) is 12.6 Å². The summed E-state index contributed by atoms with van der Waals surface area (Å²) in [7, 11) is 0. The predicted molar refractivity (Wildman–Crippen MR) is 49.9 cm³/mol. The minimum absolute atomic E-state index is 0.541. The highest BCUT2D eigenvalue weighted by Crippen LogP contribution is 2.09. The summed E-state index contributed by atoms with van der Waals surface area (Å²) in [5, 5.41) is 0. The predicted octanol–water partition coefficient (Wildman–Crippen LogP) is 1.92. The Hall–Kier alpha value is -0.710. The topological polar surface area (TPSA) is 34.1 Å². The van der Waals surface area contributed by atoms with Crippen LogP contribution in [0.4, 0.5) is 0 Å². The maximum atomic E-state index is 10.3. The van der Waals surface area contributed by atoms with Crippen LogP contribution in [0.2, 0.25) is 0 Å². The van der Waals surface area contributed by atoms with E-state index in [2.05, 4.69) is 22.6 Å². The Morgan fingerprint density at radius 2 is 1.45 bits per heavy atom. The van der Waals surface area contributed by atoms with Crippen molar-refractivity contribution < 1.29 is 9.59 Å². The molecule has 0 aliphatic rings. The molecule has 56 valence electrons. The smallest absolute Gasteiger partial charge is 0.150 e. The van der Waals surface area contributed by atoms with Crippen molar-refractivity contribution in [3.63, 3.8) is 0 Å². The lowest BCUT2D eigenvalue weighted by Crippen LogP contribution is -1.86. The van der Waals surface area contributed by atoms with Crippen LogP contribution < -0.4 is 0 Å². The molecule has 3 heteroatoms. The molecule has 0 N–H and O–H groups in total. The standard InChI is InChI=1S/C8H5IO2/c9-8-2-6(4-10)1-7(3-8)5-11/h1-5H. The summed E-state index contributed by atoms with van der Waals surface area (Å²) in [6.07, 6.45) is 1.46. The summed E-state index contributed by atoms with van der Waals surface area (Å²) in [4.78, 5) is 20.6. The fourth-order valence-electron chi connectivity index (χ4n) is 0.772. The van der Waals surface area contributed by atoms with E-state index in [1.165, 1.54) is 0 Å². The second-order valence-electron chi connectivity index (χ2n) is 2.05. The van der Waals surface area contributed by atoms with E-state index < -0.39 is 0 Å². The molecular formula is C8H5IO2. The van der Waals surface area contributed by atoms with E-state index in [4.69, 9.17) is 0 Å². The highest BCUT2D eigenvalue weighted by atomic mass is 127. The van der Waals surface area contributed by atoms with Crippen molar-refractivity contribution in [2.24, 2.45) is 0 Å². The van der Waals surface area contributed by atoms with Gasteiger partial charge in [0.2, 0.25) is 0 Å². The molecule has 2 nitrogen and oxygen atoms in total. The van der Waals surface area contributed by atoms with Gasteiger partial charge in [0.25, 0.3) is 0 Å². The van der Waals surface area contributed by atoms with Gasteiger partial charge in [0.1, 0.15) is 12.6 Å². The molecule has 0 saturated heterocycles. The highest BCUT2D eigenvalue weighted by molar-refractivity contribution is 14.1. The van der Waals surface area contributed by atoms with Crippen LogP contribution in [0, 0.1) is 3.57 Å². The van der Waals surface area contributed by atoms with Crippen LogP contribution >= 0.6 is 22.6 Å². The van der Waals surface area contributed by atoms with Crippen LogP contribution in [0.5, 0.6) is 0 Å². The second kappa shape index (κ2) is 3.61. The zero-order valence-electron chi connectivity index (χ0n) is 5.58. The van der Waals surface area contributed by atoms with E-state index in [0.29, 0.717) is 11.1 Å². The molecular weight excluding hydrogens is 255 g/mol. The lowest BCUT2D eigenvalue weighted by atomic mass is 10.2. The number of aldehydes is 2. The first kappa shape index (κ1) is 8.39. The molecule has 11 heavy (non-hydrogen) atoms. The van der Waals surface area contributed by atoms with E-state index in [-0.39, 0.29) is 0 Å².